The van der Waals surface area contributed by atoms with E-state index in [0.29, 0.717) is 12.3 Å². The maximum Gasteiger partial charge on any atom is 0.224 e. The van der Waals surface area contributed by atoms with Crippen LogP contribution in [0.25, 0.3) is 0 Å². The van der Waals surface area contributed by atoms with Gasteiger partial charge >= 0.3 is 0 Å². The lowest BCUT2D eigenvalue weighted by molar-refractivity contribution is -0.117. The van der Waals surface area contributed by atoms with Gasteiger partial charge in [-0.1, -0.05) is 17.7 Å². The summed E-state index contributed by atoms with van der Waals surface area (Å²) < 4.78 is 0. The molecule has 1 N–H and O–H groups in total. The van der Waals surface area contributed by atoms with Gasteiger partial charge in [-0.2, -0.15) is 0 Å². The SMILES string of the molecule is Cc1ccc(NC(=O)CC2CCN(C3CC3)CC2)c(C)c1. The molecule has 0 aromatic heterocycles. The molecule has 1 heterocycles. The second-order valence-electron chi connectivity index (χ2n) is 6.78. The van der Waals surface area contributed by atoms with Crippen LogP contribution >= 0.6 is 0 Å². The zero-order valence-electron chi connectivity index (χ0n) is 13.2. The van der Waals surface area contributed by atoms with Gasteiger partial charge < -0.3 is 10.2 Å². The number of anilines is 1. The summed E-state index contributed by atoms with van der Waals surface area (Å²) in [6, 6.07) is 7.05. The molecular weight excluding hydrogens is 260 g/mol. The average molecular weight is 286 g/mol. The molecule has 1 saturated carbocycles. The first-order chi connectivity index (χ1) is 10.1. The molecule has 3 rings (SSSR count). The predicted molar refractivity (Wildman–Crippen MR) is 86.5 cm³/mol. The second-order valence-corrected chi connectivity index (χ2v) is 6.78. The highest BCUT2D eigenvalue weighted by Gasteiger charge is 2.32. The summed E-state index contributed by atoms with van der Waals surface area (Å²) in [6.45, 7) is 6.50. The van der Waals surface area contributed by atoms with E-state index in [1.165, 1.54) is 44.3 Å². The van der Waals surface area contributed by atoms with Crippen molar-refractivity contribution in [3.05, 3.63) is 29.3 Å². The van der Waals surface area contributed by atoms with Gasteiger partial charge in [-0.05, 0) is 70.2 Å². The van der Waals surface area contributed by atoms with Gasteiger partial charge in [-0.25, -0.2) is 0 Å². The van der Waals surface area contributed by atoms with E-state index >= 15 is 0 Å². The summed E-state index contributed by atoms with van der Waals surface area (Å²) in [5.74, 6) is 0.734. The summed E-state index contributed by atoms with van der Waals surface area (Å²) in [5, 5.41) is 3.08. The van der Waals surface area contributed by atoms with Crippen LogP contribution in [0.15, 0.2) is 18.2 Å². The van der Waals surface area contributed by atoms with Gasteiger partial charge in [0.2, 0.25) is 5.91 Å². The molecule has 0 atom stereocenters. The van der Waals surface area contributed by atoms with E-state index in [2.05, 4.69) is 36.2 Å². The van der Waals surface area contributed by atoms with Gasteiger partial charge in [0.1, 0.15) is 0 Å². The third-order valence-corrected chi connectivity index (χ3v) is 4.84. The van der Waals surface area contributed by atoms with Crippen molar-refractivity contribution in [2.45, 2.75) is 52.0 Å². The molecule has 0 bridgehead atoms. The van der Waals surface area contributed by atoms with E-state index in [1.807, 2.05) is 6.07 Å². The fourth-order valence-electron chi connectivity index (χ4n) is 3.38. The fraction of sp³-hybridized carbons (Fsp3) is 0.611. The third kappa shape index (κ3) is 3.85. The minimum atomic E-state index is 0.173. The van der Waals surface area contributed by atoms with E-state index in [1.54, 1.807) is 0 Å². The van der Waals surface area contributed by atoms with E-state index in [4.69, 9.17) is 0 Å². The van der Waals surface area contributed by atoms with Crippen molar-refractivity contribution >= 4 is 11.6 Å². The van der Waals surface area contributed by atoms with Gasteiger partial charge in [0.15, 0.2) is 0 Å². The number of rotatable bonds is 4. The van der Waals surface area contributed by atoms with E-state index in [0.717, 1.165) is 17.3 Å². The van der Waals surface area contributed by atoms with E-state index in [9.17, 15) is 4.79 Å². The Morgan fingerprint density at radius 1 is 1.19 bits per heavy atom. The Morgan fingerprint density at radius 3 is 2.52 bits per heavy atom. The van der Waals surface area contributed by atoms with Gasteiger partial charge in [-0.3, -0.25) is 4.79 Å². The molecule has 1 aromatic rings. The maximum absolute atomic E-state index is 12.2. The Hall–Kier alpha value is -1.35. The van der Waals surface area contributed by atoms with Gasteiger partial charge in [-0.15, -0.1) is 0 Å². The average Bonchev–Trinajstić information content (AvgIpc) is 3.27. The Labute approximate surface area is 127 Å². The number of aryl methyl sites for hydroxylation is 2. The Balaban J connectivity index is 1.47. The molecule has 1 saturated heterocycles. The minimum absolute atomic E-state index is 0.173. The summed E-state index contributed by atoms with van der Waals surface area (Å²) in [7, 11) is 0. The first kappa shape index (κ1) is 14.6. The number of benzene rings is 1. The normalized spacial score (nSPS) is 20.5. The van der Waals surface area contributed by atoms with Crippen molar-refractivity contribution in [1.82, 2.24) is 4.90 Å². The Bertz CT molecular complexity index is 514. The molecule has 1 amide bonds. The third-order valence-electron chi connectivity index (χ3n) is 4.84. The lowest BCUT2D eigenvalue weighted by Crippen LogP contribution is -2.36. The predicted octanol–water partition coefficient (Wildman–Crippen LogP) is 3.51. The van der Waals surface area contributed by atoms with Crippen molar-refractivity contribution in [3.8, 4) is 0 Å². The molecule has 0 radical (unpaired) electrons. The first-order valence-corrected chi connectivity index (χ1v) is 8.23. The number of nitrogens with zero attached hydrogens (tertiary/aromatic N) is 1. The van der Waals surface area contributed by atoms with Crippen molar-refractivity contribution in [2.75, 3.05) is 18.4 Å². The van der Waals surface area contributed by atoms with Crippen molar-refractivity contribution < 1.29 is 4.79 Å². The largest absolute Gasteiger partial charge is 0.326 e. The Morgan fingerprint density at radius 2 is 1.90 bits per heavy atom. The van der Waals surface area contributed by atoms with Crippen molar-refractivity contribution in [2.24, 2.45) is 5.92 Å². The molecule has 2 aliphatic rings. The van der Waals surface area contributed by atoms with Gasteiger partial charge in [0.25, 0.3) is 0 Å². The van der Waals surface area contributed by atoms with E-state index < -0.39 is 0 Å². The topological polar surface area (TPSA) is 32.3 Å². The second kappa shape index (κ2) is 6.18. The number of likely N-dealkylation sites (tertiary alicyclic amines) is 1. The van der Waals surface area contributed by atoms with Crippen LogP contribution in [0.5, 0.6) is 0 Å². The molecule has 3 nitrogen and oxygen atoms in total. The van der Waals surface area contributed by atoms with Gasteiger partial charge in [0.05, 0.1) is 0 Å². The van der Waals surface area contributed by atoms with Crippen LogP contribution in [0, 0.1) is 19.8 Å². The fourth-order valence-corrected chi connectivity index (χ4v) is 3.38. The molecule has 2 fully saturated rings. The van der Waals surface area contributed by atoms with Crippen LogP contribution < -0.4 is 5.32 Å². The lowest BCUT2D eigenvalue weighted by Gasteiger charge is -2.31. The zero-order valence-corrected chi connectivity index (χ0v) is 13.2. The van der Waals surface area contributed by atoms with Crippen LogP contribution in [0.3, 0.4) is 0 Å². The quantitative estimate of drug-likeness (QED) is 0.918. The summed E-state index contributed by atoms with van der Waals surface area (Å²) in [6.07, 6.45) is 5.80. The van der Waals surface area contributed by atoms with Crippen LogP contribution in [0.4, 0.5) is 5.69 Å². The molecule has 1 aliphatic heterocycles. The zero-order chi connectivity index (χ0) is 14.8. The number of piperidine rings is 1. The highest BCUT2D eigenvalue weighted by molar-refractivity contribution is 5.91. The molecule has 114 valence electrons. The number of amides is 1. The van der Waals surface area contributed by atoms with Crippen molar-refractivity contribution in [1.29, 1.82) is 0 Å². The van der Waals surface area contributed by atoms with Crippen LogP contribution in [0.1, 0.15) is 43.2 Å². The number of carbonyl (C=O) groups excluding carboxylic acids is 1. The van der Waals surface area contributed by atoms with Crippen LogP contribution in [-0.2, 0) is 4.79 Å². The summed E-state index contributed by atoms with van der Waals surface area (Å²) >= 11 is 0. The molecule has 0 unspecified atom stereocenters. The standard InChI is InChI=1S/C18H26N2O/c1-13-3-6-17(14(2)11-13)19-18(21)12-15-7-9-20(10-8-15)16-4-5-16/h3,6,11,15-16H,4-5,7-10,12H2,1-2H3,(H,19,21). The first-order valence-electron chi connectivity index (χ1n) is 8.23. The molecule has 1 aliphatic carbocycles. The van der Waals surface area contributed by atoms with Crippen molar-refractivity contribution in [3.63, 3.8) is 0 Å². The van der Waals surface area contributed by atoms with E-state index in [-0.39, 0.29) is 5.91 Å². The summed E-state index contributed by atoms with van der Waals surface area (Å²) in [4.78, 5) is 14.8. The van der Waals surface area contributed by atoms with Gasteiger partial charge in [0, 0.05) is 18.2 Å². The highest BCUT2D eigenvalue weighted by Crippen LogP contribution is 2.31. The number of carbonyl (C=O) groups is 1. The number of nitrogens with one attached hydrogen (secondary N) is 1. The number of hydrogen-bond acceptors (Lipinski definition) is 2. The highest BCUT2D eigenvalue weighted by atomic mass is 16.1. The smallest absolute Gasteiger partial charge is 0.224 e. The summed E-state index contributed by atoms with van der Waals surface area (Å²) in [5.41, 5.74) is 3.34. The molecule has 0 spiro atoms. The molecule has 3 heteroatoms. The lowest BCUT2D eigenvalue weighted by atomic mass is 9.93. The Kier molecular flexibility index (Phi) is 4.29. The maximum atomic E-state index is 12.2. The molecule has 1 aromatic carbocycles. The minimum Gasteiger partial charge on any atom is -0.326 e. The molecule has 21 heavy (non-hydrogen) atoms. The molecular formula is C18H26N2O. The monoisotopic (exact) mass is 286 g/mol. The van der Waals surface area contributed by atoms with Crippen LogP contribution in [0.2, 0.25) is 0 Å². The number of hydrogen-bond donors (Lipinski definition) is 1. The van der Waals surface area contributed by atoms with Crippen LogP contribution in [-0.4, -0.2) is 29.9 Å².